The lowest BCUT2D eigenvalue weighted by Gasteiger charge is -2.42. The Balaban J connectivity index is 1.55. The Morgan fingerprint density at radius 2 is 1.88 bits per heavy atom. The van der Waals surface area contributed by atoms with Crippen molar-refractivity contribution in [1.29, 1.82) is 0 Å². The van der Waals surface area contributed by atoms with Gasteiger partial charge in [-0.15, -0.1) is 0 Å². The number of ether oxygens (including phenoxy) is 2. The summed E-state index contributed by atoms with van der Waals surface area (Å²) < 4.78 is 11.2. The lowest BCUT2D eigenvalue weighted by atomic mass is 9.63. The summed E-state index contributed by atoms with van der Waals surface area (Å²) in [6.07, 6.45) is 0.851. The number of carboxylic acids is 1. The van der Waals surface area contributed by atoms with Crippen molar-refractivity contribution < 1.29 is 24.2 Å². The minimum atomic E-state index is -1.05. The van der Waals surface area contributed by atoms with Gasteiger partial charge in [-0.05, 0) is 65.4 Å². The van der Waals surface area contributed by atoms with Crippen LogP contribution in [0.1, 0.15) is 54.6 Å². The largest absolute Gasteiger partial charge is 0.497 e. The van der Waals surface area contributed by atoms with Crippen molar-refractivity contribution in [2.24, 2.45) is 5.41 Å². The van der Waals surface area contributed by atoms with Crippen LogP contribution in [0.4, 0.5) is 11.4 Å². The van der Waals surface area contributed by atoms with E-state index in [9.17, 15) is 14.7 Å². The summed E-state index contributed by atoms with van der Waals surface area (Å²) in [6.45, 7) is 7.75. The molecule has 0 unspecified atom stereocenters. The van der Waals surface area contributed by atoms with Crippen LogP contribution in [0.3, 0.4) is 0 Å². The first-order valence-corrected chi connectivity index (χ1v) is 14.5. The summed E-state index contributed by atoms with van der Waals surface area (Å²) >= 11 is 6.44. The third-order valence-corrected chi connectivity index (χ3v) is 9.31. The highest BCUT2D eigenvalue weighted by atomic mass is 35.5. The number of hydrogen-bond acceptors (Lipinski definition) is 6. The van der Waals surface area contributed by atoms with Crippen LogP contribution in [0.2, 0.25) is 5.02 Å². The van der Waals surface area contributed by atoms with E-state index in [0.717, 1.165) is 23.4 Å². The Bertz CT molecular complexity index is 1570. The molecule has 3 aliphatic rings. The first-order valence-electron chi connectivity index (χ1n) is 14.1. The van der Waals surface area contributed by atoms with Crippen LogP contribution in [0.5, 0.6) is 11.5 Å². The fraction of sp³-hybridized carbons (Fsp3) is 0.394. The van der Waals surface area contributed by atoms with Gasteiger partial charge in [0.1, 0.15) is 11.5 Å². The molecule has 0 saturated carbocycles. The molecule has 42 heavy (non-hydrogen) atoms. The maximum Gasteiger partial charge on any atom is 0.335 e. The fourth-order valence-corrected chi connectivity index (χ4v) is 7.61. The Hall–Kier alpha value is -3.75. The van der Waals surface area contributed by atoms with E-state index in [0.29, 0.717) is 29.7 Å². The second-order valence-corrected chi connectivity index (χ2v) is 13.1. The molecule has 9 heteroatoms. The molecule has 2 fully saturated rings. The number of nitrogens with one attached hydrogen (secondary N) is 1. The van der Waals surface area contributed by atoms with Crippen molar-refractivity contribution in [2.45, 2.75) is 50.6 Å². The van der Waals surface area contributed by atoms with Gasteiger partial charge in [-0.2, -0.15) is 0 Å². The predicted molar refractivity (Wildman–Crippen MR) is 163 cm³/mol. The molecule has 220 valence electrons. The molecule has 2 saturated heterocycles. The summed E-state index contributed by atoms with van der Waals surface area (Å²) in [5.41, 5.74) is 3.44. The van der Waals surface area contributed by atoms with Crippen molar-refractivity contribution in [3.63, 3.8) is 0 Å². The molecular formula is C33H36ClN3O5. The number of carboxylic acid groups (broad SMARTS) is 1. The Labute approximate surface area is 251 Å². The molecule has 8 nitrogen and oxygen atoms in total. The average molecular weight is 590 g/mol. The molecule has 1 spiro atoms. The first kappa shape index (κ1) is 28.4. The van der Waals surface area contributed by atoms with E-state index in [1.807, 2.05) is 24.3 Å². The van der Waals surface area contributed by atoms with Crippen LogP contribution in [0.15, 0.2) is 60.7 Å². The van der Waals surface area contributed by atoms with Gasteiger partial charge in [0, 0.05) is 34.6 Å². The number of carbonyl (C=O) groups excluding carboxylic acids is 1. The maximum absolute atomic E-state index is 14.7. The summed E-state index contributed by atoms with van der Waals surface area (Å²) in [6, 6.07) is 18.3. The number of nitrogens with zero attached hydrogens (tertiary/aromatic N) is 2. The average Bonchev–Trinajstić information content (AvgIpc) is 3.57. The monoisotopic (exact) mass is 589 g/mol. The van der Waals surface area contributed by atoms with Crippen LogP contribution in [-0.4, -0.2) is 61.4 Å². The molecule has 0 aliphatic carbocycles. The zero-order valence-electron chi connectivity index (χ0n) is 24.5. The van der Waals surface area contributed by atoms with Gasteiger partial charge in [-0.3, -0.25) is 14.6 Å². The molecule has 0 radical (unpaired) electrons. The highest BCUT2D eigenvalue weighted by Gasteiger charge is 2.67. The van der Waals surface area contributed by atoms with Crippen LogP contribution in [0.25, 0.3) is 0 Å². The van der Waals surface area contributed by atoms with Crippen molar-refractivity contribution in [2.75, 3.05) is 37.6 Å². The highest BCUT2D eigenvalue weighted by molar-refractivity contribution is 6.30. The molecular weight excluding hydrogens is 554 g/mol. The number of benzene rings is 3. The summed E-state index contributed by atoms with van der Waals surface area (Å²) in [7, 11) is 3.15. The van der Waals surface area contributed by atoms with E-state index in [1.54, 1.807) is 18.1 Å². The standard InChI is InChI=1S/C33H36ClN3O5/c1-32(2,3)16-27-33(17-35-24-15-21(34)10-11-23(24)33)28(19-7-6-8-22(13-19)41-4)29-30(38)36(18-37(27)29)25-12-9-20(31(39)40)14-26(25)42-5/h6-15,27-29,35H,16-18H2,1-5H3,(H,39,40)/t27-,28-,29+,33-/m0/s1. The molecule has 1 amide bonds. The van der Waals surface area contributed by atoms with Crippen LogP contribution in [0, 0.1) is 5.41 Å². The maximum atomic E-state index is 14.7. The zero-order valence-corrected chi connectivity index (χ0v) is 25.2. The van der Waals surface area contributed by atoms with Gasteiger partial charge < -0.3 is 19.9 Å². The van der Waals surface area contributed by atoms with Crippen LogP contribution in [-0.2, 0) is 10.2 Å². The molecule has 3 aliphatic heterocycles. The highest BCUT2D eigenvalue weighted by Crippen LogP contribution is 2.61. The molecule has 6 rings (SSSR count). The van der Waals surface area contributed by atoms with Gasteiger partial charge in [0.2, 0.25) is 5.91 Å². The Kier molecular flexibility index (Phi) is 6.90. The zero-order chi connectivity index (χ0) is 30.0. The van der Waals surface area contributed by atoms with Gasteiger partial charge in [0.05, 0.1) is 38.2 Å². The minimum absolute atomic E-state index is 0.00636. The molecule has 2 N–H and O–H groups in total. The van der Waals surface area contributed by atoms with Crippen LogP contribution < -0.4 is 19.7 Å². The number of fused-ring (bicyclic) bond motifs is 3. The SMILES string of the molecule is COc1cccc([C@H]2[C@@H]3C(=O)N(c4ccc(C(=O)O)cc4OC)CN3[C@@H](CC(C)(C)C)[C@@]23CNc2cc(Cl)ccc23)c1. The number of halogens is 1. The third-order valence-electron chi connectivity index (χ3n) is 9.08. The molecule has 3 heterocycles. The summed E-state index contributed by atoms with van der Waals surface area (Å²) in [5.74, 6) is -0.194. The molecule has 3 aromatic carbocycles. The van der Waals surface area contributed by atoms with Crippen molar-refractivity contribution in [3.05, 3.63) is 82.4 Å². The number of hydrogen-bond donors (Lipinski definition) is 2. The molecule has 4 atom stereocenters. The van der Waals surface area contributed by atoms with E-state index >= 15 is 0 Å². The summed E-state index contributed by atoms with van der Waals surface area (Å²) in [5, 5.41) is 13.9. The summed E-state index contributed by atoms with van der Waals surface area (Å²) in [4.78, 5) is 30.4. The lowest BCUT2D eigenvalue weighted by Crippen LogP contribution is -2.49. The second kappa shape index (κ2) is 10.2. The number of rotatable bonds is 6. The predicted octanol–water partition coefficient (Wildman–Crippen LogP) is 6.00. The molecule has 3 aromatic rings. The first-order chi connectivity index (χ1) is 20.0. The van der Waals surface area contributed by atoms with E-state index in [1.165, 1.54) is 24.8 Å². The van der Waals surface area contributed by atoms with Gasteiger partial charge in [-0.25, -0.2) is 4.79 Å². The number of anilines is 2. The van der Waals surface area contributed by atoms with E-state index in [-0.39, 0.29) is 28.8 Å². The number of methoxy groups -OCH3 is 2. The van der Waals surface area contributed by atoms with Crippen molar-refractivity contribution in [3.8, 4) is 11.5 Å². The minimum Gasteiger partial charge on any atom is -0.497 e. The number of amides is 1. The van der Waals surface area contributed by atoms with Gasteiger partial charge in [0.25, 0.3) is 0 Å². The van der Waals surface area contributed by atoms with Gasteiger partial charge in [0.15, 0.2) is 0 Å². The third kappa shape index (κ3) is 4.39. The lowest BCUT2D eigenvalue weighted by molar-refractivity contribution is -0.119. The Morgan fingerprint density at radius 3 is 2.57 bits per heavy atom. The molecule has 0 aromatic heterocycles. The Morgan fingerprint density at radius 1 is 1.10 bits per heavy atom. The van der Waals surface area contributed by atoms with E-state index < -0.39 is 17.4 Å². The van der Waals surface area contributed by atoms with Gasteiger partial charge in [-0.1, -0.05) is 50.6 Å². The normalized spacial score (nSPS) is 25.0. The fourth-order valence-electron chi connectivity index (χ4n) is 7.44. The van der Waals surface area contributed by atoms with Crippen LogP contribution >= 0.6 is 11.6 Å². The molecule has 0 bridgehead atoms. The topological polar surface area (TPSA) is 91.3 Å². The van der Waals surface area contributed by atoms with Crippen molar-refractivity contribution in [1.82, 2.24) is 4.90 Å². The second-order valence-electron chi connectivity index (χ2n) is 12.7. The quantitative estimate of drug-likeness (QED) is 0.365. The number of carbonyl (C=O) groups is 2. The van der Waals surface area contributed by atoms with E-state index in [2.05, 4.69) is 49.2 Å². The van der Waals surface area contributed by atoms with Gasteiger partial charge >= 0.3 is 5.97 Å². The number of aromatic carboxylic acids is 1. The smallest absolute Gasteiger partial charge is 0.335 e. The van der Waals surface area contributed by atoms with Crippen molar-refractivity contribution >= 4 is 34.9 Å². The van der Waals surface area contributed by atoms with E-state index in [4.69, 9.17) is 21.1 Å².